The minimum atomic E-state index is -1.76. The molecule has 0 aromatic heterocycles. The number of aromatic hydroxyl groups is 3. The summed E-state index contributed by atoms with van der Waals surface area (Å²) in [6.07, 6.45) is -9.15. The average Bonchev–Trinajstić information content (AvgIpc) is 2.95. The van der Waals surface area contributed by atoms with Crippen LogP contribution in [0.3, 0.4) is 0 Å². The highest BCUT2D eigenvalue weighted by Crippen LogP contribution is 2.46. The van der Waals surface area contributed by atoms with Gasteiger partial charge in [0, 0.05) is 22.8 Å². The van der Waals surface area contributed by atoms with Gasteiger partial charge in [-0.15, -0.1) is 0 Å². The summed E-state index contributed by atoms with van der Waals surface area (Å²) in [5.74, 6) is -2.58. The van der Waals surface area contributed by atoms with Gasteiger partial charge in [-0.05, 0) is 30.7 Å². The summed E-state index contributed by atoms with van der Waals surface area (Å²) in [5.41, 5.74) is 0.531. The lowest BCUT2D eigenvalue weighted by Gasteiger charge is -2.40. The highest BCUT2D eigenvalue weighted by molar-refractivity contribution is 6.03. The van der Waals surface area contributed by atoms with Crippen molar-refractivity contribution in [1.29, 1.82) is 0 Å². The Hall–Kier alpha value is -4.36. The van der Waals surface area contributed by atoms with E-state index in [1.807, 2.05) is 0 Å². The summed E-state index contributed by atoms with van der Waals surface area (Å²) in [6.45, 7) is 0.879. The zero-order chi connectivity index (χ0) is 29.2. The minimum absolute atomic E-state index is 0.0127. The fourth-order valence-corrected chi connectivity index (χ4v) is 5.26. The van der Waals surface area contributed by atoms with Crippen LogP contribution in [-0.2, 0) is 9.47 Å². The van der Waals surface area contributed by atoms with Crippen LogP contribution in [-0.4, -0.2) is 79.7 Å². The van der Waals surface area contributed by atoms with Crippen molar-refractivity contribution in [2.45, 2.75) is 50.2 Å². The number of esters is 1. The number of ketones is 1. The van der Waals surface area contributed by atoms with Crippen molar-refractivity contribution in [3.63, 3.8) is 0 Å². The second-order valence-electron chi connectivity index (χ2n) is 10.2. The van der Waals surface area contributed by atoms with Crippen molar-refractivity contribution in [1.82, 2.24) is 0 Å². The maximum Gasteiger partial charge on any atom is 0.342 e. The number of phenols is 3. The molecule has 3 heterocycles. The molecular weight excluding hydrogens is 540 g/mol. The van der Waals surface area contributed by atoms with E-state index >= 15 is 0 Å². The second kappa shape index (κ2) is 9.93. The number of Topliss-reactive ketones (excluding diaryl/α,β-unsaturated/α-hetero) is 1. The summed E-state index contributed by atoms with van der Waals surface area (Å²) in [6, 6.07) is 10.0. The molecule has 12 nitrogen and oxygen atoms in total. The van der Waals surface area contributed by atoms with Gasteiger partial charge in [0.25, 0.3) is 0 Å². The SMILES string of the molecule is Cc1c2cc3c(c1O)C(=O)C[C@H](O3)c1ccc(O)c(c1)-c1cccc(c1O)C(=O)OCC1O[C@@H](O2)C(O)[C@@H](O)[C@@H]1O. The molecule has 6 atom stereocenters. The maximum absolute atomic E-state index is 13.2. The first-order valence-electron chi connectivity index (χ1n) is 12.8. The number of hydrogen-bond donors (Lipinski definition) is 6. The van der Waals surface area contributed by atoms with E-state index in [1.165, 1.54) is 43.3 Å². The third-order valence-corrected chi connectivity index (χ3v) is 7.62. The van der Waals surface area contributed by atoms with Crippen LogP contribution in [0.1, 0.15) is 44.4 Å². The molecule has 0 spiro atoms. The van der Waals surface area contributed by atoms with Crippen LogP contribution in [0.2, 0.25) is 0 Å². The number of para-hydroxylation sites is 1. The largest absolute Gasteiger partial charge is 0.507 e. The first kappa shape index (κ1) is 26.8. The van der Waals surface area contributed by atoms with E-state index in [-0.39, 0.29) is 51.5 Å². The number of fused-ring (bicyclic) bond motifs is 10. The molecule has 1 fully saturated rings. The number of carbonyl (C=O) groups excluding carboxylic acids is 2. The van der Waals surface area contributed by atoms with Gasteiger partial charge in [0.1, 0.15) is 77.0 Å². The number of aliphatic hydroxyl groups excluding tert-OH is 3. The normalized spacial score (nSPS) is 27.2. The van der Waals surface area contributed by atoms with Crippen molar-refractivity contribution in [2.24, 2.45) is 0 Å². The Labute approximate surface area is 232 Å². The van der Waals surface area contributed by atoms with Crippen molar-refractivity contribution in [3.8, 4) is 39.9 Å². The molecule has 6 rings (SSSR count). The van der Waals surface area contributed by atoms with Crippen molar-refractivity contribution >= 4 is 11.8 Å². The highest BCUT2D eigenvalue weighted by Gasteiger charge is 2.46. The van der Waals surface area contributed by atoms with Crippen molar-refractivity contribution < 1.29 is 59.2 Å². The van der Waals surface area contributed by atoms with Gasteiger partial charge < -0.3 is 49.6 Å². The number of hydrogen-bond acceptors (Lipinski definition) is 12. The molecule has 3 aliphatic rings. The topological polar surface area (TPSA) is 192 Å². The molecule has 12 heteroatoms. The molecule has 1 saturated heterocycles. The number of rotatable bonds is 0. The second-order valence-corrected chi connectivity index (χ2v) is 10.2. The Bertz CT molecular complexity index is 1570. The predicted molar refractivity (Wildman–Crippen MR) is 138 cm³/mol. The number of aliphatic hydroxyl groups is 3. The molecule has 6 N–H and O–H groups in total. The molecule has 41 heavy (non-hydrogen) atoms. The van der Waals surface area contributed by atoms with Gasteiger partial charge in [-0.1, -0.05) is 18.2 Å². The number of cyclic esters (lactones) is 1. The van der Waals surface area contributed by atoms with Gasteiger partial charge in [-0.25, -0.2) is 4.79 Å². The van der Waals surface area contributed by atoms with E-state index in [0.29, 0.717) is 5.56 Å². The number of benzene rings is 3. The lowest BCUT2D eigenvalue weighted by molar-refractivity contribution is -0.277. The van der Waals surface area contributed by atoms with Crippen LogP contribution in [0.15, 0.2) is 42.5 Å². The number of ether oxygens (including phenoxy) is 4. The summed E-state index contributed by atoms with van der Waals surface area (Å²) >= 11 is 0. The number of phenolic OH excluding ortho intramolecular Hbond substituents is 3. The zero-order valence-corrected chi connectivity index (χ0v) is 21.6. The van der Waals surface area contributed by atoms with Crippen molar-refractivity contribution in [2.75, 3.05) is 6.61 Å². The lowest BCUT2D eigenvalue weighted by atomic mass is 9.91. The van der Waals surface area contributed by atoms with Crippen LogP contribution in [0, 0.1) is 6.92 Å². The monoisotopic (exact) mass is 566 g/mol. The highest BCUT2D eigenvalue weighted by atomic mass is 16.7. The molecule has 0 saturated carbocycles. The Balaban J connectivity index is 1.52. The van der Waals surface area contributed by atoms with E-state index in [2.05, 4.69) is 0 Å². The quantitative estimate of drug-likeness (QED) is 0.217. The summed E-state index contributed by atoms with van der Waals surface area (Å²) in [4.78, 5) is 26.1. The summed E-state index contributed by atoms with van der Waals surface area (Å²) < 4.78 is 22.8. The van der Waals surface area contributed by atoms with Crippen molar-refractivity contribution in [3.05, 3.63) is 64.7 Å². The molecule has 9 bridgehead atoms. The van der Waals surface area contributed by atoms with Gasteiger partial charge in [0.05, 0.1) is 6.42 Å². The van der Waals surface area contributed by atoms with Crippen LogP contribution in [0.5, 0.6) is 28.7 Å². The molecule has 3 aliphatic heterocycles. The third kappa shape index (κ3) is 4.41. The van der Waals surface area contributed by atoms with Crippen LogP contribution < -0.4 is 9.47 Å². The van der Waals surface area contributed by atoms with Gasteiger partial charge in [0.2, 0.25) is 6.29 Å². The smallest absolute Gasteiger partial charge is 0.342 e. The standard InChI is InChI=1S/C29H26O12/c1-11-18-9-20-22(23(11)32)17(31)8-19(39-20)12-5-6-16(30)15(7-12)13-3-2-4-14(24(13)33)28(37)38-10-21-25(34)26(35)27(36)29(40-18)41-21/h2-7,9,19,21,25-27,29-30,32-36H,8,10H2,1H3/t19-,21?,25+,26-,27?,29+/m0/s1. The zero-order valence-electron chi connectivity index (χ0n) is 21.6. The molecule has 3 aromatic rings. The van der Waals surface area contributed by atoms with E-state index in [0.717, 1.165) is 0 Å². The molecule has 3 aromatic carbocycles. The first-order valence-corrected chi connectivity index (χ1v) is 12.8. The third-order valence-electron chi connectivity index (χ3n) is 7.62. The summed E-state index contributed by atoms with van der Waals surface area (Å²) in [7, 11) is 0. The molecule has 2 unspecified atom stereocenters. The Morgan fingerprint density at radius 3 is 2.34 bits per heavy atom. The Morgan fingerprint density at radius 1 is 0.805 bits per heavy atom. The lowest BCUT2D eigenvalue weighted by Crippen LogP contribution is -2.60. The number of carbonyl (C=O) groups is 2. The van der Waals surface area contributed by atoms with E-state index in [4.69, 9.17) is 18.9 Å². The van der Waals surface area contributed by atoms with Crippen LogP contribution in [0.25, 0.3) is 11.1 Å². The molecule has 0 radical (unpaired) electrons. The van der Waals surface area contributed by atoms with E-state index < -0.39 is 66.7 Å². The summed E-state index contributed by atoms with van der Waals surface area (Å²) in [5, 5.41) is 64.0. The fraction of sp³-hybridized carbons (Fsp3) is 0.310. The van der Waals surface area contributed by atoms with Gasteiger partial charge >= 0.3 is 5.97 Å². The van der Waals surface area contributed by atoms with E-state index in [9.17, 15) is 40.2 Å². The van der Waals surface area contributed by atoms with Gasteiger partial charge in [0.15, 0.2) is 5.78 Å². The maximum atomic E-state index is 13.2. The van der Waals surface area contributed by atoms with E-state index in [1.54, 1.807) is 6.07 Å². The fourth-order valence-electron chi connectivity index (χ4n) is 5.26. The van der Waals surface area contributed by atoms with Gasteiger partial charge in [-0.3, -0.25) is 4.79 Å². The molecule has 0 amide bonds. The molecule has 0 aliphatic carbocycles. The van der Waals surface area contributed by atoms with Gasteiger partial charge in [-0.2, -0.15) is 0 Å². The van der Waals surface area contributed by atoms with Crippen LogP contribution in [0.4, 0.5) is 0 Å². The average molecular weight is 567 g/mol. The van der Waals surface area contributed by atoms with Crippen LogP contribution >= 0.6 is 0 Å². The Morgan fingerprint density at radius 2 is 1.56 bits per heavy atom. The molecule has 214 valence electrons. The molecular formula is C29H26O12. The minimum Gasteiger partial charge on any atom is -0.507 e. The predicted octanol–water partition coefficient (Wildman–Crippen LogP) is 1.84. The first-order chi connectivity index (χ1) is 19.5. The Kier molecular flexibility index (Phi) is 6.50.